The molecule has 6 heteroatoms. The lowest BCUT2D eigenvalue weighted by atomic mass is 10.1. The highest BCUT2D eigenvalue weighted by Crippen LogP contribution is 2.22. The van der Waals surface area contributed by atoms with Crippen LogP contribution >= 0.6 is 23.2 Å². The number of phenolic OH excluding ortho intramolecular Hbond substituents is 2. The molecule has 0 aromatic heterocycles. The van der Waals surface area contributed by atoms with Gasteiger partial charge in [0, 0.05) is 33.6 Å². The number of benzene rings is 2. The Hall–Kier alpha value is -2.04. The lowest BCUT2D eigenvalue weighted by molar-refractivity contribution is 0.473. The number of aromatic hydroxyl groups is 2. The summed E-state index contributed by atoms with van der Waals surface area (Å²) in [6.07, 6.45) is 3.14. The van der Waals surface area contributed by atoms with Crippen molar-refractivity contribution in [1.82, 2.24) is 0 Å². The van der Waals surface area contributed by atoms with Crippen molar-refractivity contribution in [2.75, 3.05) is 6.54 Å². The molecule has 0 fully saturated rings. The maximum Gasteiger partial charge on any atom is 0.124 e. The van der Waals surface area contributed by atoms with Crippen molar-refractivity contribution in [2.45, 2.75) is 19.4 Å². The van der Waals surface area contributed by atoms with E-state index in [4.69, 9.17) is 23.2 Å². The third-order valence-electron chi connectivity index (χ3n) is 3.24. The van der Waals surface area contributed by atoms with Crippen LogP contribution in [0.2, 0.25) is 10.0 Å². The lowest BCUT2D eigenvalue weighted by Crippen LogP contribution is -2.21. The third kappa shape index (κ3) is 5.25. The number of hydrogen-bond donors (Lipinski definition) is 2. The number of phenols is 2. The summed E-state index contributed by atoms with van der Waals surface area (Å²) in [5.74, 6) is 0.236. The van der Waals surface area contributed by atoms with E-state index in [1.165, 1.54) is 12.1 Å². The van der Waals surface area contributed by atoms with Gasteiger partial charge in [-0.25, -0.2) is 0 Å². The van der Waals surface area contributed by atoms with E-state index in [9.17, 15) is 10.2 Å². The molecular formula is C18H18Cl2N2O2. The highest BCUT2D eigenvalue weighted by molar-refractivity contribution is 6.31. The minimum atomic E-state index is -0.487. The standard InChI is InChI=1S/C18H18Cl2N2O2/c1-18(2,22-10-13-8-15(20)4-6-17(13)24)11-21-9-12-7-14(19)3-5-16(12)23/h3-10,23-24H,11H2,1-2H3. The second kappa shape index (κ2) is 7.69. The van der Waals surface area contributed by atoms with Gasteiger partial charge in [0.05, 0.1) is 12.1 Å². The van der Waals surface area contributed by atoms with Gasteiger partial charge in [-0.05, 0) is 50.2 Å². The van der Waals surface area contributed by atoms with Crippen LogP contribution in [0.15, 0.2) is 46.4 Å². The molecule has 0 amide bonds. The van der Waals surface area contributed by atoms with E-state index in [1.54, 1.807) is 36.7 Å². The van der Waals surface area contributed by atoms with Gasteiger partial charge < -0.3 is 10.2 Å². The van der Waals surface area contributed by atoms with Gasteiger partial charge in [-0.1, -0.05) is 23.2 Å². The fourth-order valence-corrected chi connectivity index (χ4v) is 2.27. The van der Waals surface area contributed by atoms with Crippen LogP contribution in [-0.2, 0) is 0 Å². The Kier molecular flexibility index (Phi) is 5.86. The zero-order valence-electron chi connectivity index (χ0n) is 13.4. The van der Waals surface area contributed by atoms with Crippen LogP contribution in [0.25, 0.3) is 0 Å². The van der Waals surface area contributed by atoms with E-state index < -0.39 is 5.54 Å². The van der Waals surface area contributed by atoms with E-state index in [-0.39, 0.29) is 11.5 Å². The van der Waals surface area contributed by atoms with Crippen molar-refractivity contribution in [3.05, 3.63) is 57.6 Å². The predicted molar refractivity (Wildman–Crippen MR) is 100 cm³/mol. The summed E-state index contributed by atoms with van der Waals surface area (Å²) in [4.78, 5) is 8.78. The Bertz CT molecular complexity index is 787. The van der Waals surface area contributed by atoms with Crippen LogP contribution < -0.4 is 0 Å². The Labute approximate surface area is 151 Å². The van der Waals surface area contributed by atoms with Crippen molar-refractivity contribution < 1.29 is 10.2 Å². The van der Waals surface area contributed by atoms with Gasteiger partial charge in [0.25, 0.3) is 0 Å². The average molecular weight is 365 g/mol. The predicted octanol–water partition coefficient (Wildman–Crippen LogP) is 4.72. The van der Waals surface area contributed by atoms with Gasteiger partial charge in [-0.2, -0.15) is 0 Å². The first-order valence-corrected chi connectivity index (χ1v) is 8.04. The summed E-state index contributed by atoms with van der Waals surface area (Å²) in [5.41, 5.74) is 0.612. The maximum absolute atomic E-state index is 9.79. The van der Waals surface area contributed by atoms with Gasteiger partial charge >= 0.3 is 0 Å². The van der Waals surface area contributed by atoms with E-state index in [0.29, 0.717) is 27.7 Å². The summed E-state index contributed by atoms with van der Waals surface area (Å²) in [6.45, 7) is 4.23. The largest absolute Gasteiger partial charge is 0.507 e. The minimum Gasteiger partial charge on any atom is -0.507 e. The Morgan fingerprint density at radius 3 is 1.96 bits per heavy atom. The van der Waals surface area contributed by atoms with Crippen molar-refractivity contribution >= 4 is 35.6 Å². The summed E-state index contributed by atoms with van der Waals surface area (Å²) < 4.78 is 0. The molecule has 0 saturated carbocycles. The minimum absolute atomic E-state index is 0.117. The van der Waals surface area contributed by atoms with Crippen molar-refractivity contribution in [2.24, 2.45) is 9.98 Å². The Morgan fingerprint density at radius 1 is 0.917 bits per heavy atom. The quantitative estimate of drug-likeness (QED) is 0.753. The molecule has 2 rings (SSSR count). The molecule has 0 heterocycles. The monoisotopic (exact) mass is 364 g/mol. The second-order valence-corrected chi connectivity index (χ2v) is 6.82. The maximum atomic E-state index is 9.79. The average Bonchev–Trinajstić information content (AvgIpc) is 2.51. The number of aliphatic imine (C=N–C) groups is 2. The molecule has 0 spiro atoms. The van der Waals surface area contributed by atoms with Gasteiger partial charge in [-0.15, -0.1) is 0 Å². The van der Waals surface area contributed by atoms with E-state index >= 15 is 0 Å². The van der Waals surface area contributed by atoms with Crippen molar-refractivity contribution in [1.29, 1.82) is 0 Å². The van der Waals surface area contributed by atoms with Crippen LogP contribution in [0, 0.1) is 0 Å². The van der Waals surface area contributed by atoms with Crippen molar-refractivity contribution in [3.8, 4) is 11.5 Å². The number of halogens is 2. The van der Waals surface area contributed by atoms with Gasteiger partial charge in [0.1, 0.15) is 11.5 Å². The molecular weight excluding hydrogens is 347 g/mol. The summed E-state index contributed by atoms with van der Waals surface area (Å²) in [5, 5.41) is 20.6. The topological polar surface area (TPSA) is 65.2 Å². The molecule has 2 N–H and O–H groups in total. The SMILES string of the molecule is CC(C)(CN=Cc1cc(Cl)ccc1O)N=Cc1cc(Cl)ccc1O. The van der Waals surface area contributed by atoms with Crippen LogP contribution in [-0.4, -0.2) is 34.7 Å². The fourth-order valence-electron chi connectivity index (χ4n) is 1.91. The molecule has 0 aliphatic rings. The first kappa shape index (κ1) is 18.3. The second-order valence-electron chi connectivity index (χ2n) is 5.95. The Morgan fingerprint density at radius 2 is 1.42 bits per heavy atom. The fraction of sp³-hybridized carbons (Fsp3) is 0.222. The molecule has 24 heavy (non-hydrogen) atoms. The molecule has 0 aliphatic heterocycles. The van der Waals surface area contributed by atoms with E-state index in [1.807, 2.05) is 13.8 Å². The molecule has 0 bridgehead atoms. The first-order chi connectivity index (χ1) is 11.3. The van der Waals surface area contributed by atoms with Gasteiger partial charge in [0.15, 0.2) is 0 Å². The molecule has 126 valence electrons. The molecule has 0 saturated heterocycles. The van der Waals surface area contributed by atoms with Crippen LogP contribution in [0.1, 0.15) is 25.0 Å². The van der Waals surface area contributed by atoms with Crippen molar-refractivity contribution in [3.63, 3.8) is 0 Å². The van der Waals surface area contributed by atoms with Crippen LogP contribution in [0.5, 0.6) is 11.5 Å². The van der Waals surface area contributed by atoms with Gasteiger partial charge in [0.2, 0.25) is 0 Å². The van der Waals surface area contributed by atoms with E-state index in [2.05, 4.69) is 9.98 Å². The number of rotatable bonds is 5. The summed E-state index contributed by atoms with van der Waals surface area (Å²) >= 11 is 11.8. The zero-order valence-corrected chi connectivity index (χ0v) is 14.9. The third-order valence-corrected chi connectivity index (χ3v) is 3.71. The first-order valence-electron chi connectivity index (χ1n) is 7.29. The molecule has 0 aliphatic carbocycles. The Balaban J connectivity index is 2.08. The smallest absolute Gasteiger partial charge is 0.124 e. The highest BCUT2D eigenvalue weighted by Gasteiger charge is 2.14. The van der Waals surface area contributed by atoms with Crippen LogP contribution in [0.4, 0.5) is 0 Å². The lowest BCUT2D eigenvalue weighted by Gasteiger charge is -2.16. The normalized spacial score (nSPS) is 12.3. The highest BCUT2D eigenvalue weighted by atomic mass is 35.5. The summed E-state index contributed by atoms with van der Waals surface area (Å²) in [6, 6.07) is 9.55. The summed E-state index contributed by atoms with van der Waals surface area (Å²) in [7, 11) is 0. The number of nitrogens with zero attached hydrogens (tertiary/aromatic N) is 2. The molecule has 0 radical (unpaired) electrons. The molecule has 2 aromatic carbocycles. The molecule has 2 aromatic rings. The molecule has 0 atom stereocenters. The molecule has 0 unspecified atom stereocenters. The zero-order chi connectivity index (χ0) is 17.7. The molecule has 4 nitrogen and oxygen atoms in total. The van der Waals surface area contributed by atoms with Gasteiger partial charge in [-0.3, -0.25) is 9.98 Å². The number of hydrogen-bond acceptors (Lipinski definition) is 4. The van der Waals surface area contributed by atoms with E-state index in [0.717, 1.165) is 0 Å². The van der Waals surface area contributed by atoms with Crippen LogP contribution in [0.3, 0.4) is 0 Å².